The number of nitrogens with zero attached hydrogens (tertiary/aromatic N) is 3. The molecule has 0 bridgehead atoms. The number of nitrogens with one attached hydrogen (secondary N) is 2. The van der Waals surface area contributed by atoms with E-state index in [-0.39, 0.29) is 45.1 Å². The second-order valence-corrected chi connectivity index (χ2v) is 7.90. The minimum Gasteiger partial charge on any atom is -0.382 e. The second-order valence-electron chi connectivity index (χ2n) is 7.49. The highest BCUT2D eigenvalue weighted by atomic mass is 35.5. The van der Waals surface area contributed by atoms with Crippen LogP contribution >= 0.6 is 11.6 Å². The summed E-state index contributed by atoms with van der Waals surface area (Å²) in [6, 6.07) is 19.2. The average Bonchev–Trinajstić information content (AvgIpc) is 2.84. The highest BCUT2D eigenvalue weighted by molar-refractivity contribution is 6.31. The summed E-state index contributed by atoms with van der Waals surface area (Å²) in [5.41, 5.74) is 2.20. The number of non-ortho nitro benzene ring substituents is 1. The van der Waals surface area contributed by atoms with E-state index in [1.54, 1.807) is 48.5 Å². The third kappa shape index (κ3) is 5.40. The van der Waals surface area contributed by atoms with Gasteiger partial charge in [0.2, 0.25) is 5.91 Å². The second kappa shape index (κ2) is 10.2. The number of H-pyrrole nitrogens is 1. The lowest BCUT2D eigenvalue weighted by atomic mass is 10.0. The molecule has 0 saturated heterocycles. The lowest BCUT2D eigenvalue weighted by Gasteiger charge is -2.15. The van der Waals surface area contributed by atoms with Crippen molar-refractivity contribution < 1.29 is 14.8 Å². The number of halogens is 1. The van der Waals surface area contributed by atoms with Crippen molar-refractivity contribution in [3.8, 4) is 0 Å². The Morgan fingerprint density at radius 3 is 2.57 bits per heavy atom. The van der Waals surface area contributed by atoms with Gasteiger partial charge in [-0.1, -0.05) is 60.1 Å². The summed E-state index contributed by atoms with van der Waals surface area (Å²) in [5, 5.41) is 26.4. The number of carbonyl (C=O) groups excluding carboxylic acids is 1. The van der Waals surface area contributed by atoms with Gasteiger partial charge in [0.15, 0.2) is 5.69 Å². The molecular formula is C24H18ClN5O5. The molecule has 0 radical (unpaired) electrons. The van der Waals surface area contributed by atoms with E-state index in [0.717, 1.165) is 5.56 Å². The van der Waals surface area contributed by atoms with Crippen LogP contribution in [0.3, 0.4) is 0 Å². The van der Waals surface area contributed by atoms with Crippen molar-refractivity contribution in [1.29, 1.82) is 0 Å². The molecule has 0 spiro atoms. The number of nitro benzene ring substituents is 1. The van der Waals surface area contributed by atoms with Gasteiger partial charge in [-0.3, -0.25) is 19.7 Å². The summed E-state index contributed by atoms with van der Waals surface area (Å²) in [6.07, 6.45) is -1.49. The van der Waals surface area contributed by atoms with Gasteiger partial charge in [-0.15, -0.1) is 0 Å². The summed E-state index contributed by atoms with van der Waals surface area (Å²) in [4.78, 5) is 42.6. The fourth-order valence-corrected chi connectivity index (χ4v) is 3.63. The number of aromatic nitrogens is 2. The predicted molar refractivity (Wildman–Crippen MR) is 130 cm³/mol. The van der Waals surface area contributed by atoms with Gasteiger partial charge < -0.3 is 10.1 Å². The summed E-state index contributed by atoms with van der Waals surface area (Å²) in [7, 11) is 0. The molecule has 4 aromatic rings. The number of hydrogen-bond acceptors (Lipinski definition) is 7. The maximum atomic E-state index is 12.9. The summed E-state index contributed by atoms with van der Waals surface area (Å²) in [6.45, 7) is 0. The molecule has 0 aliphatic heterocycles. The molecule has 3 aromatic carbocycles. The minimum atomic E-state index is -1.51. The molecule has 0 aliphatic rings. The number of aliphatic hydroxyl groups excluding tert-OH is 1. The molecule has 10 nitrogen and oxygen atoms in total. The van der Waals surface area contributed by atoms with Crippen LogP contribution in [-0.4, -0.2) is 31.6 Å². The topological polar surface area (TPSA) is 151 Å². The van der Waals surface area contributed by atoms with Crippen molar-refractivity contribution in [2.24, 2.45) is 5.10 Å². The lowest BCUT2D eigenvalue weighted by molar-refractivity contribution is -0.384. The molecule has 0 aliphatic carbocycles. The highest BCUT2D eigenvalue weighted by Crippen LogP contribution is 2.25. The van der Waals surface area contributed by atoms with E-state index < -0.39 is 22.5 Å². The number of aliphatic hydroxyl groups is 1. The number of fused-ring (bicyclic) bond motifs is 1. The van der Waals surface area contributed by atoms with Crippen LogP contribution < -0.4 is 11.0 Å². The molecule has 1 amide bonds. The van der Waals surface area contributed by atoms with E-state index in [2.05, 4.69) is 20.5 Å². The van der Waals surface area contributed by atoms with Crippen molar-refractivity contribution in [2.45, 2.75) is 12.5 Å². The van der Waals surface area contributed by atoms with E-state index in [4.69, 9.17) is 11.6 Å². The predicted octanol–water partition coefficient (Wildman–Crippen LogP) is 3.28. The fraction of sp³-hybridized carbons (Fsp3) is 0.0833. The number of hydrazone groups is 1. The van der Waals surface area contributed by atoms with Gasteiger partial charge in [-0.2, -0.15) is 5.10 Å². The quantitative estimate of drug-likeness (QED) is 0.205. The summed E-state index contributed by atoms with van der Waals surface area (Å²) in [5.74, 6) is -0.479. The van der Waals surface area contributed by atoms with Crippen molar-refractivity contribution in [2.75, 3.05) is 0 Å². The molecule has 176 valence electrons. The van der Waals surface area contributed by atoms with Crippen molar-refractivity contribution in [1.82, 2.24) is 15.4 Å². The van der Waals surface area contributed by atoms with Crippen molar-refractivity contribution >= 4 is 39.9 Å². The van der Waals surface area contributed by atoms with Gasteiger partial charge in [0.25, 0.3) is 11.2 Å². The van der Waals surface area contributed by atoms with Crippen LogP contribution in [0, 0.1) is 10.1 Å². The molecule has 4 rings (SSSR count). The van der Waals surface area contributed by atoms with Crippen LogP contribution in [0.1, 0.15) is 22.9 Å². The SMILES string of the molecule is O=C(Cc1ccccc1)NN=C(c1nc2ccc([N+](=O)[O-])cc2[nH]c1=O)C(O)c1ccccc1Cl. The summed E-state index contributed by atoms with van der Waals surface area (Å²) < 4.78 is 0. The zero-order valence-corrected chi connectivity index (χ0v) is 18.8. The Morgan fingerprint density at radius 1 is 1.14 bits per heavy atom. The molecule has 11 heteroatoms. The van der Waals surface area contributed by atoms with Crippen LogP contribution in [0.15, 0.2) is 82.7 Å². The molecule has 0 fully saturated rings. The number of amides is 1. The minimum absolute atomic E-state index is 0.0188. The molecule has 1 atom stereocenters. The van der Waals surface area contributed by atoms with Crippen LogP contribution in [-0.2, 0) is 11.2 Å². The van der Waals surface area contributed by atoms with Crippen molar-refractivity contribution in [3.05, 3.63) is 115 Å². The highest BCUT2D eigenvalue weighted by Gasteiger charge is 2.25. The Labute approximate surface area is 203 Å². The van der Waals surface area contributed by atoms with Gasteiger partial charge in [0.1, 0.15) is 11.8 Å². The van der Waals surface area contributed by atoms with E-state index in [0.29, 0.717) is 0 Å². The number of benzene rings is 3. The maximum Gasteiger partial charge on any atom is 0.276 e. The molecule has 35 heavy (non-hydrogen) atoms. The van der Waals surface area contributed by atoms with Crippen molar-refractivity contribution in [3.63, 3.8) is 0 Å². The normalized spacial score (nSPS) is 12.3. The first-order chi connectivity index (χ1) is 16.8. The first-order valence-electron chi connectivity index (χ1n) is 10.3. The maximum absolute atomic E-state index is 12.9. The average molecular weight is 492 g/mol. The standard InChI is InChI=1S/C24H18ClN5O5/c25-17-9-5-4-8-16(17)23(32)21(29-28-20(31)12-14-6-2-1-3-7-14)22-24(33)27-19-13-15(30(34)35)10-11-18(19)26-22/h1-11,13,23,32H,12H2,(H,27,33)(H,28,31). The third-order valence-electron chi connectivity index (χ3n) is 5.10. The largest absolute Gasteiger partial charge is 0.382 e. The number of carbonyl (C=O) groups is 1. The van der Waals surface area contributed by atoms with Crippen LogP contribution in [0.2, 0.25) is 5.02 Å². The first kappa shape index (κ1) is 23.7. The zero-order valence-electron chi connectivity index (χ0n) is 18.0. The molecule has 1 unspecified atom stereocenters. The molecule has 1 heterocycles. The fourth-order valence-electron chi connectivity index (χ4n) is 3.39. The monoisotopic (exact) mass is 491 g/mol. The number of aromatic amines is 1. The zero-order chi connectivity index (χ0) is 24.9. The molecular weight excluding hydrogens is 474 g/mol. The lowest BCUT2D eigenvalue weighted by Crippen LogP contribution is -2.30. The van der Waals surface area contributed by atoms with E-state index in [1.165, 1.54) is 18.2 Å². The van der Waals surface area contributed by atoms with Gasteiger partial charge in [-0.05, 0) is 17.7 Å². The first-order valence-corrected chi connectivity index (χ1v) is 10.7. The Kier molecular flexibility index (Phi) is 6.95. The third-order valence-corrected chi connectivity index (χ3v) is 5.44. The number of nitro groups is 1. The number of hydrogen-bond donors (Lipinski definition) is 3. The molecule has 1 aromatic heterocycles. The van der Waals surface area contributed by atoms with E-state index >= 15 is 0 Å². The van der Waals surface area contributed by atoms with Gasteiger partial charge in [-0.25, -0.2) is 10.4 Å². The Bertz CT molecular complexity index is 1500. The van der Waals surface area contributed by atoms with Crippen LogP contribution in [0.5, 0.6) is 0 Å². The van der Waals surface area contributed by atoms with Crippen LogP contribution in [0.25, 0.3) is 11.0 Å². The van der Waals surface area contributed by atoms with Gasteiger partial charge in [0.05, 0.1) is 22.4 Å². The van der Waals surface area contributed by atoms with E-state index in [9.17, 15) is 24.8 Å². The molecule has 3 N–H and O–H groups in total. The Balaban J connectivity index is 1.76. The number of rotatable bonds is 7. The molecule has 0 saturated carbocycles. The smallest absolute Gasteiger partial charge is 0.276 e. The van der Waals surface area contributed by atoms with Gasteiger partial charge in [0, 0.05) is 22.7 Å². The van der Waals surface area contributed by atoms with E-state index in [1.807, 2.05) is 6.07 Å². The van der Waals surface area contributed by atoms with Gasteiger partial charge >= 0.3 is 0 Å². The summed E-state index contributed by atoms with van der Waals surface area (Å²) >= 11 is 6.23. The Hall–Kier alpha value is -4.41. The van der Waals surface area contributed by atoms with Crippen LogP contribution in [0.4, 0.5) is 5.69 Å². The Morgan fingerprint density at radius 2 is 1.86 bits per heavy atom.